The molecule has 2 atom stereocenters. The molecule has 0 aromatic heterocycles. The largest absolute Gasteiger partial charge is 0.446 e. The Balaban J connectivity index is 2.16. The smallest absolute Gasteiger partial charge is 0.411 e. The molecule has 1 amide bonds. The molecule has 0 heterocycles. The molecule has 1 aromatic carbocycles. The normalized spacial score (nSPS) is 21.5. The van der Waals surface area contributed by atoms with Crippen LogP contribution in [0.2, 0.25) is 0 Å². The van der Waals surface area contributed by atoms with Gasteiger partial charge in [0, 0.05) is 0 Å². The third kappa shape index (κ3) is 4.49. The van der Waals surface area contributed by atoms with E-state index in [0.29, 0.717) is 17.8 Å². The lowest BCUT2D eigenvalue weighted by Gasteiger charge is -2.29. The van der Waals surface area contributed by atoms with Crippen LogP contribution in [0.4, 0.5) is 10.5 Å². The maximum Gasteiger partial charge on any atom is 0.411 e. The second kappa shape index (κ2) is 7.85. The van der Waals surface area contributed by atoms with E-state index in [1.807, 2.05) is 0 Å². The van der Waals surface area contributed by atoms with Crippen LogP contribution in [0.15, 0.2) is 18.2 Å². The van der Waals surface area contributed by atoms with Crippen LogP contribution in [0.1, 0.15) is 83.3 Å². The summed E-state index contributed by atoms with van der Waals surface area (Å²) in [5, 5.41) is 3.05. The summed E-state index contributed by atoms with van der Waals surface area (Å²) < 4.78 is 5.73. The summed E-state index contributed by atoms with van der Waals surface area (Å²) in [7, 11) is 0. The van der Waals surface area contributed by atoms with Gasteiger partial charge < -0.3 is 4.74 Å². The third-order valence-electron chi connectivity index (χ3n) is 4.89. The van der Waals surface area contributed by atoms with Crippen molar-refractivity contribution in [2.24, 2.45) is 5.92 Å². The minimum atomic E-state index is -0.307. The van der Waals surface area contributed by atoms with Crippen LogP contribution in [-0.2, 0) is 4.74 Å². The third-order valence-corrected chi connectivity index (χ3v) is 4.89. The van der Waals surface area contributed by atoms with E-state index in [1.54, 1.807) is 0 Å². The van der Waals surface area contributed by atoms with E-state index in [9.17, 15) is 4.79 Å². The van der Waals surface area contributed by atoms with Crippen molar-refractivity contribution in [1.29, 1.82) is 0 Å². The van der Waals surface area contributed by atoms with Crippen molar-refractivity contribution < 1.29 is 9.53 Å². The summed E-state index contributed by atoms with van der Waals surface area (Å²) in [6, 6.07) is 6.26. The van der Waals surface area contributed by atoms with Gasteiger partial charge in [-0.3, -0.25) is 5.32 Å². The zero-order valence-electron chi connectivity index (χ0n) is 15.2. The van der Waals surface area contributed by atoms with E-state index in [1.165, 1.54) is 17.5 Å². The van der Waals surface area contributed by atoms with E-state index in [-0.39, 0.29) is 12.2 Å². The number of hydrogen-bond donors (Lipinski definition) is 1. The molecule has 0 spiro atoms. The van der Waals surface area contributed by atoms with Gasteiger partial charge in [-0.2, -0.15) is 0 Å². The number of benzene rings is 1. The second-order valence-corrected chi connectivity index (χ2v) is 7.45. The molecule has 2 rings (SSSR count). The van der Waals surface area contributed by atoms with Crippen LogP contribution in [0.25, 0.3) is 0 Å². The number of carbonyl (C=O) groups excluding carboxylic acids is 1. The highest BCUT2D eigenvalue weighted by Crippen LogP contribution is 2.33. The predicted octanol–water partition coefficient (Wildman–Crippen LogP) is 6.06. The van der Waals surface area contributed by atoms with Gasteiger partial charge in [-0.05, 0) is 48.1 Å². The molecule has 2 unspecified atom stereocenters. The molecular formula is C20H31NO2. The number of amides is 1. The summed E-state index contributed by atoms with van der Waals surface area (Å²) in [6.45, 7) is 10.8. The number of ether oxygens (including phenoxy) is 1. The van der Waals surface area contributed by atoms with Gasteiger partial charge in [-0.25, -0.2) is 4.79 Å². The van der Waals surface area contributed by atoms with Gasteiger partial charge in [-0.1, -0.05) is 59.2 Å². The lowest BCUT2D eigenvalue weighted by molar-refractivity contribution is 0.0524. The Morgan fingerprint density at radius 1 is 1.09 bits per heavy atom. The molecule has 0 radical (unpaired) electrons. The molecule has 3 nitrogen and oxygen atoms in total. The monoisotopic (exact) mass is 317 g/mol. The standard InChI is InChI=1S/C20H31NO2/c1-13(2)16-10-8-11-17(14(3)4)19(16)21-20(22)23-18-12-7-6-9-15(18)5/h8,10-11,13-15,18H,6-7,9,12H2,1-5H3,(H,21,22). The lowest BCUT2D eigenvalue weighted by atomic mass is 9.88. The molecule has 0 saturated heterocycles. The van der Waals surface area contributed by atoms with Gasteiger partial charge in [0.2, 0.25) is 0 Å². The molecule has 1 aliphatic rings. The summed E-state index contributed by atoms with van der Waals surface area (Å²) in [4.78, 5) is 12.4. The first-order valence-electron chi connectivity index (χ1n) is 9.00. The van der Waals surface area contributed by atoms with Crippen molar-refractivity contribution in [2.45, 2.75) is 78.2 Å². The average molecular weight is 317 g/mol. The van der Waals surface area contributed by atoms with Gasteiger partial charge in [0.15, 0.2) is 0 Å². The minimum absolute atomic E-state index is 0.0532. The van der Waals surface area contributed by atoms with Crippen molar-refractivity contribution in [3.63, 3.8) is 0 Å². The molecule has 3 heteroatoms. The zero-order chi connectivity index (χ0) is 17.0. The van der Waals surface area contributed by atoms with E-state index in [2.05, 4.69) is 58.1 Å². The van der Waals surface area contributed by atoms with E-state index in [0.717, 1.165) is 24.9 Å². The number of carbonyl (C=O) groups is 1. The SMILES string of the molecule is CC(C)c1cccc(C(C)C)c1NC(=O)OC1CCCCC1C. The Morgan fingerprint density at radius 2 is 1.65 bits per heavy atom. The molecule has 128 valence electrons. The van der Waals surface area contributed by atoms with Crippen LogP contribution in [-0.4, -0.2) is 12.2 Å². The Hall–Kier alpha value is -1.51. The number of nitrogens with one attached hydrogen (secondary N) is 1. The average Bonchev–Trinajstić information content (AvgIpc) is 2.49. The molecular weight excluding hydrogens is 286 g/mol. The maximum absolute atomic E-state index is 12.4. The fourth-order valence-electron chi connectivity index (χ4n) is 3.42. The Kier molecular flexibility index (Phi) is 6.09. The van der Waals surface area contributed by atoms with Crippen molar-refractivity contribution in [1.82, 2.24) is 0 Å². The molecule has 1 aromatic rings. The highest BCUT2D eigenvalue weighted by Gasteiger charge is 2.25. The Morgan fingerprint density at radius 3 is 2.17 bits per heavy atom. The Bertz CT molecular complexity index is 510. The summed E-state index contributed by atoms with van der Waals surface area (Å²) in [6.07, 6.45) is 4.28. The number of hydrogen-bond acceptors (Lipinski definition) is 2. The van der Waals surface area contributed by atoms with Crippen LogP contribution in [0, 0.1) is 5.92 Å². The number of anilines is 1. The van der Waals surface area contributed by atoms with Gasteiger partial charge in [-0.15, -0.1) is 0 Å². The zero-order valence-corrected chi connectivity index (χ0v) is 15.2. The molecule has 1 saturated carbocycles. The molecule has 0 aliphatic heterocycles. The number of para-hydroxylation sites is 1. The first-order chi connectivity index (χ1) is 10.9. The van der Waals surface area contributed by atoms with Gasteiger partial charge in [0.05, 0.1) is 5.69 Å². The van der Waals surface area contributed by atoms with Crippen LogP contribution >= 0.6 is 0 Å². The molecule has 1 fully saturated rings. The fourth-order valence-corrected chi connectivity index (χ4v) is 3.42. The van der Waals surface area contributed by atoms with Crippen LogP contribution < -0.4 is 5.32 Å². The van der Waals surface area contributed by atoms with Gasteiger partial charge >= 0.3 is 6.09 Å². The highest BCUT2D eigenvalue weighted by atomic mass is 16.6. The predicted molar refractivity (Wildman–Crippen MR) is 96.1 cm³/mol. The molecule has 1 N–H and O–H groups in total. The number of rotatable bonds is 4. The lowest BCUT2D eigenvalue weighted by Crippen LogP contribution is -2.30. The quantitative estimate of drug-likeness (QED) is 0.733. The summed E-state index contributed by atoms with van der Waals surface area (Å²) >= 11 is 0. The summed E-state index contributed by atoms with van der Waals surface area (Å²) in [5.74, 6) is 1.18. The van der Waals surface area contributed by atoms with Crippen molar-refractivity contribution >= 4 is 11.8 Å². The summed E-state index contributed by atoms with van der Waals surface area (Å²) in [5.41, 5.74) is 3.28. The topological polar surface area (TPSA) is 38.3 Å². The van der Waals surface area contributed by atoms with E-state index < -0.39 is 0 Å². The highest BCUT2D eigenvalue weighted by molar-refractivity contribution is 5.87. The second-order valence-electron chi connectivity index (χ2n) is 7.45. The van der Waals surface area contributed by atoms with E-state index in [4.69, 9.17) is 4.74 Å². The Labute approximate surface area is 140 Å². The van der Waals surface area contributed by atoms with Crippen LogP contribution in [0.5, 0.6) is 0 Å². The first-order valence-corrected chi connectivity index (χ1v) is 9.00. The van der Waals surface area contributed by atoms with Gasteiger partial charge in [0.25, 0.3) is 0 Å². The van der Waals surface area contributed by atoms with Crippen molar-refractivity contribution in [3.05, 3.63) is 29.3 Å². The maximum atomic E-state index is 12.4. The first kappa shape index (κ1) is 17.8. The van der Waals surface area contributed by atoms with E-state index >= 15 is 0 Å². The molecule has 1 aliphatic carbocycles. The minimum Gasteiger partial charge on any atom is -0.446 e. The fraction of sp³-hybridized carbons (Fsp3) is 0.650. The van der Waals surface area contributed by atoms with Crippen molar-refractivity contribution in [3.8, 4) is 0 Å². The van der Waals surface area contributed by atoms with Gasteiger partial charge in [0.1, 0.15) is 6.10 Å². The molecule has 23 heavy (non-hydrogen) atoms. The molecule has 0 bridgehead atoms. The van der Waals surface area contributed by atoms with Crippen LogP contribution in [0.3, 0.4) is 0 Å². The van der Waals surface area contributed by atoms with Crippen molar-refractivity contribution in [2.75, 3.05) is 5.32 Å².